The van der Waals surface area contributed by atoms with Crippen LogP contribution >= 0.6 is 0 Å². The van der Waals surface area contributed by atoms with E-state index in [1.807, 2.05) is 0 Å². The summed E-state index contributed by atoms with van der Waals surface area (Å²) in [6.07, 6.45) is 5.31. The molecular weight excluding hydrogens is 356 g/mol. The quantitative estimate of drug-likeness (QED) is 0.576. The Morgan fingerprint density at radius 2 is 1.83 bits per heavy atom. The monoisotopic (exact) mass is 386 g/mol. The van der Waals surface area contributed by atoms with Crippen LogP contribution in [0, 0.1) is 13.8 Å². The highest BCUT2D eigenvalue weighted by molar-refractivity contribution is 6.02. The molecule has 29 heavy (non-hydrogen) atoms. The van der Waals surface area contributed by atoms with Crippen molar-refractivity contribution in [2.24, 2.45) is 5.73 Å². The van der Waals surface area contributed by atoms with E-state index in [4.69, 9.17) is 5.73 Å². The zero-order valence-electron chi connectivity index (χ0n) is 17.7. The molecule has 3 aromatic rings. The van der Waals surface area contributed by atoms with E-state index in [9.17, 15) is 4.79 Å². The molecule has 1 aliphatic rings. The lowest BCUT2D eigenvalue weighted by molar-refractivity contribution is 0.1000. The maximum Gasteiger partial charge on any atom is 0.251 e. The smallest absolute Gasteiger partial charge is 0.251 e. The van der Waals surface area contributed by atoms with Gasteiger partial charge in [0.2, 0.25) is 0 Å². The molecule has 0 radical (unpaired) electrons. The number of amides is 1. The minimum atomic E-state index is -0.333. The topological polar surface area (TPSA) is 48.0 Å². The fraction of sp³-hybridized carbons (Fsp3) is 0.346. The van der Waals surface area contributed by atoms with E-state index in [2.05, 4.69) is 73.9 Å². The van der Waals surface area contributed by atoms with E-state index in [0.29, 0.717) is 5.56 Å². The van der Waals surface area contributed by atoms with Crippen molar-refractivity contribution < 1.29 is 4.79 Å². The van der Waals surface area contributed by atoms with Crippen LogP contribution in [-0.4, -0.2) is 10.5 Å². The van der Waals surface area contributed by atoms with Crippen LogP contribution in [0.25, 0.3) is 11.1 Å². The third kappa shape index (κ3) is 3.39. The Kier molecular flexibility index (Phi) is 5.31. The molecule has 1 amide bonds. The van der Waals surface area contributed by atoms with Crippen LogP contribution in [0.5, 0.6) is 0 Å². The molecule has 0 fully saturated rings. The number of aromatic nitrogens is 1. The molecule has 1 atom stereocenters. The number of carbonyl (C=O) groups is 1. The third-order valence-electron chi connectivity index (χ3n) is 6.32. The van der Waals surface area contributed by atoms with Gasteiger partial charge in [-0.3, -0.25) is 4.79 Å². The molecule has 1 aliphatic carbocycles. The van der Waals surface area contributed by atoms with Gasteiger partial charge in [0.25, 0.3) is 5.91 Å². The molecule has 2 aromatic carbocycles. The van der Waals surface area contributed by atoms with E-state index < -0.39 is 0 Å². The molecule has 1 aromatic heterocycles. The van der Waals surface area contributed by atoms with Crippen molar-refractivity contribution in [3.8, 4) is 11.1 Å². The fourth-order valence-electron chi connectivity index (χ4n) is 4.92. The summed E-state index contributed by atoms with van der Waals surface area (Å²) in [5.41, 5.74) is 15.0. The van der Waals surface area contributed by atoms with E-state index >= 15 is 0 Å². The number of hydrogen-bond acceptors (Lipinski definition) is 1. The van der Waals surface area contributed by atoms with Crippen molar-refractivity contribution in [1.82, 2.24) is 4.57 Å². The van der Waals surface area contributed by atoms with Crippen LogP contribution in [0.1, 0.15) is 70.7 Å². The molecule has 2 N–H and O–H groups in total. The minimum Gasteiger partial charge on any atom is -0.366 e. The molecule has 0 aliphatic heterocycles. The molecule has 3 heteroatoms. The first-order valence-electron chi connectivity index (χ1n) is 10.7. The second-order valence-corrected chi connectivity index (χ2v) is 8.24. The second-order valence-electron chi connectivity index (χ2n) is 8.24. The lowest BCUT2D eigenvalue weighted by atomic mass is 9.97. The molecule has 1 heterocycles. The number of rotatable bonds is 6. The van der Waals surface area contributed by atoms with Crippen molar-refractivity contribution >= 4 is 5.91 Å². The standard InChI is InChI=1S/C26H30N2O/c1-4-5-10-23-25(20-13-11-17(2)12-14-20)24(26(27)29)18(3)28(23)22-16-15-19-8-6-7-9-21(19)22/h6-9,11-14,22H,4-5,10,15-16H2,1-3H3,(H2,27,29). The summed E-state index contributed by atoms with van der Waals surface area (Å²) in [6, 6.07) is 17.5. The summed E-state index contributed by atoms with van der Waals surface area (Å²) >= 11 is 0. The number of aryl methyl sites for hydroxylation is 2. The first-order valence-corrected chi connectivity index (χ1v) is 10.7. The molecule has 0 spiro atoms. The molecule has 4 rings (SSSR count). The molecule has 3 nitrogen and oxygen atoms in total. The Hall–Kier alpha value is -2.81. The molecule has 150 valence electrons. The Labute approximate surface area is 173 Å². The van der Waals surface area contributed by atoms with E-state index in [-0.39, 0.29) is 11.9 Å². The van der Waals surface area contributed by atoms with Gasteiger partial charge < -0.3 is 10.3 Å². The molecule has 0 saturated heterocycles. The SMILES string of the molecule is CCCCc1c(-c2ccc(C)cc2)c(C(N)=O)c(C)n1C1CCc2ccccc21. The van der Waals surface area contributed by atoms with Gasteiger partial charge in [-0.15, -0.1) is 0 Å². The Bertz CT molecular complexity index is 1040. The van der Waals surface area contributed by atoms with Gasteiger partial charge in [-0.25, -0.2) is 0 Å². The highest BCUT2D eigenvalue weighted by Gasteiger charge is 2.31. The van der Waals surface area contributed by atoms with Gasteiger partial charge in [0, 0.05) is 17.0 Å². The lowest BCUT2D eigenvalue weighted by Crippen LogP contribution is -2.15. The first-order chi connectivity index (χ1) is 14.0. The predicted octanol–water partition coefficient (Wildman–Crippen LogP) is 5.75. The van der Waals surface area contributed by atoms with Crippen LogP contribution in [0.15, 0.2) is 48.5 Å². The predicted molar refractivity (Wildman–Crippen MR) is 119 cm³/mol. The van der Waals surface area contributed by atoms with E-state index in [1.165, 1.54) is 22.4 Å². The molecule has 0 bridgehead atoms. The zero-order valence-corrected chi connectivity index (χ0v) is 17.7. The van der Waals surface area contributed by atoms with Crippen molar-refractivity contribution in [3.05, 3.63) is 82.2 Å². The summed E-state index contributed by atoms with van der Waals surface area (Å²) in [4.78, 5) is 12.6. The maximum atomic E-state index is 12.6. The largest absolute Gasteiger partial charge is 0.366 e. The van der Waals surface area contributed by atoms with E-state index in [1.54, 1.807) is 0 Å². The van der Waals surface area contributed by atoms with Crippen LogP contribution in [0.4, 0.5) is 0 Å². The van der Waals surface area contributed by atoms with Crippen LogP contribution in [0.3, 0.4) is 0 Å². The number of nitrogens with zero attached hydrogens (tertiary/aromatic N) is 1. The van der Waals surface area contributed by atoms with E-state index in [0.717, 1.165) is 48.9 Å². The second kappa shape index (κ2) is 7.90. The molecule has 0 saturated carbocycles. The zero-order chi connectivity index (χ0) is 20.5. The number of benzene rings is 2. The van der Waals surface area contributed by atoms with Gasteiger partial charge in [0.1, 0.15) is 0 Å². The fourth-order valence-corrected chi connectivity index (χ4v) is 4.92. The van der Waals surface area contributed by atoms with Gasteiger partial charge in [0.05, 0.1) is 11.6 Å². The summed E-state index contributed by atoms with van der Waals surface area (Å²) < 4.78 is 2.43. The van der Waals surface area contributed by atoms with Crippen LogP contribution in [-0.2, 0) is 12.8 Å². The number of unbranched alkanes of at least 4 members (excludes halogenated alkanes) is 1. The van der Waals surface area contributed by atoms with Crippen molar-refractivity contribution in [2.75, 3.05) is 0 Å². The number of nitrogens with two attached hydrogens (primary N) is 1. The molecular formula is C26H30N2O. The van der Waals surface area contributed by atoms with Crippen LogP contribution < -0.4 is 5.73 Å². The molecule has 1 unspecified atom stereocenters. The number of hydrogen-bond donors (Lipinski definition) is 1. The average molecular weight is 387 g/mol. The minimum absolute atomic E-state index is 0.273. The normalized spacial score (nSPS) is 15.5. The highest BCUT2D eigenvalue weighted by atomic mass is 16.1. The van der Waals surface area contributed by atoms with Crippen molar-refractivity contribution in [1.29, 1.82) is 0 Å². The van der Waals surface area contributed by atoms with Gasteiger partial charge in [-0.05, 0) is 56.2 Å². The Morgan fingerprint density at radius 3 is 2.52 bits per heavy atom. The summed E-state index contributed by atoms with van der Waals surface area (Å²) in [7, 11) is 0. The number of primary amides is 1. The van der Waals surface area contributed by atoms with Gasteiger partial charge in [0.15, 0.2) is 0 Å². The number of carbonyl (C=O) groups excluding carboxylic acids is 1. The van der Waals surface area contributed by atoms with Gasteiger partial charge >= 0.3 is 0 Å². The lowest BCUT2D eigenvalue weighted by Gasteiger charge is -2.21. The van der Waals surface area contributed by atoms with Crippen molar-refractivity contribution in [2.45, 2.75) is 58.9 Å². The highest BCUT2D eigenvalue weighted by Crippen LogP contribution is 2.42. The average Bonchev–Trinajstić information content (AvgIpc) is 3.25. The number of fused-ring (bicyclic) bond motifs is 1. The Balaban J connectivity index is 1.97. The summed E-state index contributed by atoms with van der Waals surface area (Å²) in [6.45, 7) is 6.36. The van der Waals surface area contributed by atoms with Gasteiger partial charge in [-0.1, -0.05) is 67.4 Å². The Morgan fingerprint density at radius 1 is 1.10 bits per heavy atom. The summed E-state index contributed by atoms with van der Waals surface area (Å²) in [5, 5.41) is 0. The van der Waals surface area contributed by atoms with Gasteiger partial charge in [-0.2, -0.15) is 0 Å². The van der Waals surface area contributed by atoms with Crippen molar-refractivity contribution in [3.63, 3.8) is 0 Å². The van der Waals surface area contributed by atoms with Crippen LogP contribution in [0.2, 0.25) is 0 Å². The summed E-state index contributed by atoms with van der Waals surface area (Å²) in [5.74, 6) is -0.333. The first kappa shape index (κ1) is 19.5. The maximum absolute atomic E-state index is 12.6. The third-order valence-corrected chi connectivity index (χ3v) is 6.32.